The zero-order valence-electron chi connectivity index (χ0n) is 17.8. The number of hydrogen-bond acceptors (Lipinski definition) is 6. The SMILES string of the molecule is CC(C)(C)OC(=O)C1CCN(N2CCN(C(=O)NN3CCCCC3)CC2)CC1. The van der Waals surface area contributed by atoms with Crippen LogP contribution >= 0.6 is 0 Å². The molecule has 0 aromatic heterocycles. The summed E-state index contributed by atoms with van der Waals surface area (Å²) in [5.41, 5.74) is 2.64. The lowest BCUT2D eigenvalue weighted by Gasteiger charge is -2.44. The van der Waals surface area contributed by atoms with Crippen molar-refractivity contribution in [3.05, 3.63) is 0 Å². The number of carbonyl (C=O) groups excluding carboxylic acids is 2. The van der Waals surface area contributed by atoms with Gasteiger partial charge in [0.15, 0.2) is 0 Å². The summed E-state index contributed by atoms with van der Waals surface area (Å²) in [6.07, 6.45) is 5.26. The molecule has 3 aliphatic heterocycles. The lowest BCUT2D eigenvalue weighted by Crippen LogP contribution is -2.59. The molecule has 3 aliphatic rings. The van der Waals surface area contributed by atoms with E-state index in [9.17, 15) is 9.59 Å². The third kappa shape index (κ3) is 6.06. The van der Waals surface area contributed by atoms with Gasteiger partial charge in [-0.05, 0) is 46.5 Å². The number of hydrogen-bond donors (Lipinski definition) is 1. The average Bonchev–Trinajstić information content (AvgIpc) is 2.68. The summed E-state index contributed by atoms with van der Waals surface area (Å²) >= 11 is 0. The maximum Gasteiger partial charge on any atom is 0.332 e. The minimum absolute atomic E-state index is 0.00656. The summed E-state index contributed by atoms with van der Waals surface area (Å²) in [7, 11) is 0. The zero-order valence-corrected chi connectivity index (χ0v) is 17.8. The van der Waals surface area contributed by atoms with Gasteiger partial charge in [0, 0.05) is 52.4 Å². The van der Waals surface area contributed by atoms with Crippen molar-refractivity contribution in [2.24, 2.45) is 5.92 Å². The molecule has 28 heavy (non-hydrogen) atoms. The first-order valence-electron chi connectivity index (χ1n) is 10.8. The van der Waals surface area contributed by atoms with Crippen LogP contribution in [0.2, 0.25) is 0 Å². The van der Waals surface area contributed by atoms with Crippen LogP contribution in [0.3, 0.4) is 0 Å². The number of hydrazine groups is 2. The molecule has 8 heteroatoms. The van der Waals surface area contributed by atoms with Gasteiger partial charge in [-0.15, -0.1) is 0 Å². The first-order chi connectivity index (χ1) is 13.3. The van der Waals surface area contributed by atoms with Crippen LogP contribution in [0.25, 0.3) is 0 Å². The fourth-order valence-electron chi connectivity index (χ4n) is 4.16. The van der Waals surface area contributed by atoms with Crippen molar-refractivity contribution in [3.8, 4) is 0 Å². The minimum Gasteiger partial charge on any atom is -0.460 e. The van der Waals surface area contributed by atoms with Crippen molar-refractivity contribution >= 4 is 12.0 Å². The van der Waals surface area contributed by atoms with Crippen LogP contribution in [0.5, 0.6) is 0 Å². The van der Waals surface area contributed by atoms with E-state index in [2.05, 4.69) is 20.5 Å². The highest BCUT2D eigenvalue weighted by Gasteiger charge is 2.32. The quantitative estimate of drug-likeness (QED) is 0.734. The smallest absolute Gasteiger partial charge is 0.332 e. The Hall–Kier alpha value is -1.38. The van der Waals surface area contributed by atoms with Gasteiger partial charge in [0.05, 0.1) is 5.92 Å². The van der Waals surface area contributed by atoms with Crippen LogP contribution in [0.4, 0.5) is 4.79 Å². The molecule has 0 aliphatic carbocycles. The Morgan fingerprint density at radius 1 is 0.821 bits per heavy atom. The van der Waals surface area contributed by atoms with E-state index in [1.807, 2.05) is 25.7 Å². The van der Waals surface area contributed by atoms with Gasteiger partial charge in [-0.3, -0.25) is 10.2 Å². The molecule has 8 nitrogen and oxygen atoms in total. The van der Waals surface area contributed by atoms with Crippen molar-refractivity contribution in [2.75, 3.05) is 52.4 Å². The van der Waals surface area contributed by atoms with Gasteiger partial charge < -0.3 is 9.64 Å². The molecule has 160 valence electrons. The number of esters is 1. The van der Waals surface area contributed by atoms with Crippen LogP contribution < -0.4 is 5.43 Å². The Morgan fingerprint density at radius 2 is 1.39 bits per heavy atom. The van der Waals surface area contributed by atoms with Gasteiger partial charge in [-0.25, -0.2) is 19.8 Å². The minimum atomic E-state index is -0.417. The van der Waals surface area contributed by atoms with E-state index in [1.54, 1.807) is 0 Å². The maximum atomic E-state index is 12.5. The first kappa shape index (κ1) is 21.3. The van der Waals surface area contributed by atoms with Crippen LogP contribution in [-0.2, 0) is 9.53 Å². The van der Waals surface area contributed by atoms with Crippen molar-refractivity contribution in [1.29, 1.82) is 0 Å². The fourth-order valence-corrected chi connectivity index (χ4v) is 4.16. The third-order valence-corrected chi connectivity index (χ3v) is 5.76. The molecule has 0 saturated carbocycles. The van der Waals surface area contributed by atoms with Gasteiger partial charge in [0.2, 0.25) is 0 Å². The molecule has 3 saturated heterocycles. The van der Waals surface area contributed by atoms with Gasteiger partial charge in [0.25, 0.3) is 0 Å². The molecular formula is C20H37N5O3. The number of carbonyl (C=O) groups is 2. The van der Waals surface area contributed by atoms with Gasteiger partial charge >= 0.3 is 12.0 Å². The first-order valence-corrected chi connectivity index (χ1v) is 10.8. The van der Waals surface area contributed by atoms with E-state index in [0.29, 0.717) is 0 Å². The average molecular weight is 396 g/mol. The molecule has 0 spiro atoms. The topological polar surface area (TPSA) is 68.4 Å². The number of rotatable bonds is 3. The van der Waals surface area contributed by atoms with E-state index in [1.165, 1.54) is 6.42 Å². The maximum absolute atomic E-state index is 12.5. The summed E-state index contributed by atoms with van der Waals surface area (Å²) in [5, 5.41) is 6.75. The Balaban J connectivity index is 1.37. The van der Waals surface area contributed by atoms with Gasteiger partial charge in [-0.2, -0.15) is 0 Å². The molecule has 1 N–H and O–H groups in total. The van der Waals surface area contributed by atoms with Crippen LogP contribution in [-0.4, -0.2) is 89.9 Å². The van der Waals surface area contributed by atoms with Gasteiger partial charge in [0.1, 0.15) is 5.60 Å². The number of piperazine rings is 1. The second-order valence-corrected chi connectivity index (χ2v) is 9.17. The number of piperidine rings is 2. The monoisotopic (exact) mass is 395 g/mol. The summed E-state index contributed by atoms with van der Waals surface area (Å²) in [6, 6.07) is 0.0326. The highest BCUT2D eigenvalue weighted by molar-refractivity contribution is 5.74. The second kappa shape index (κ2) is 9.41. The third-order valence-electron chi connectivity index (χ3n) is 5.76. The number of nitrogens with one attached hydrogen (secondary N) is 1. The molecule has 0 aromatic rings. The Labute approximate surface area is 169 Å². The summed E-state index contributed by atoms with van der Waals surface area (Å²) in [5.74, 6) is -0.0570. The molecule has 3 heterocycles. The molecule has 0 radical (unpaired) electrons. The predicted molar refractivity (Wildman–Crippen MR) is 107 cm³/mol. The van der Waals surface area contributed by atoms with Crippen molar-refractivity contribution in [3.63, 3.8) is 0 Å². The second-order valence-electron chi connectivity index (χ2n) is 9.17. The number of amides is 2. The number of urea groups is 1. The predicted octanol–water partition coefficient (Wildman–Crippen LogP) is 1.68. The standard InChI is InChI=1S/C20H37N5O3/c1-20(2,3)28-18(26)17-7-11-24(12-8-17)25-15-13-22(14-16-25)19(27)21-23-9-5-4-6-10-23/h17H,4-16H2,1-3H3,(H,21,27). The van der Waals surface area contributed by atoms with E-state index in [-0.39, 0.29) is 17.9 Å². The van der Waals surface area contributed by atoms with E-state index < -0.39 is 5.60 Å². The highest BCUT2D eigenvalue weighted by atomic mass is 16.6. The van der Waals surface area contributed by atoms with Crippen LogP contribution in [0.15, 0.2) is 0 Å². The summed E-state index contributed by atoms with van der Waals surface area (Å²) in [4.78, 5) is 26.7. The Morgan fingerprint density at radius 3 is 1.96 bits per heavy atom. The molecule has 3 fully saturated rings. The van der Waals surface area contributed by atoms with Crippen LogP contribution in [0, 0.1) is 5.92 Å². The number of nitrogens with zero attached hydrogens (tertiary/aromatic N) is 4. The van der Waals surface area contributed by atoms with E-state index in [4.69, 9.17) is 4.74 Å². The van der Waals surface area contributed by atoms with Crippen molar-refractivity contribution in [1.82, 2.24) is 25.4 Å². The lowest BCUT2D eigenvalue weighted by molar-refractivity contribution is -0.164. The van der Waals surface area contributed by atoms with E-state index in [0.717, 1.165) is 78.0 Å². The molecule has 0 bridgehead atoms. The molecule has 2 amide bonds. The summed E-state index contributed by atoms with van der Waals surface area (Å²) < 4.78 is 5.53. The lowest BCUT2D eigenvalue weighted by atomic mass is 9.97. The molecule has 0 atom stereocenters. The normalized spacial score (nSPS) is 24.2. The molecular weight excluding hydrogens is 358 g/mol. The molecule has 0 aromatic carbocycles. The largest absolute Gasteiger partial charge is 0.460 e. The Bertz CT molecular complexity index is 528. The zero-order chi connectivity index (χ0) is 20.1. The summed E-state index contributed by atoms with van der Waals surface area (Å²) in [6.45, 7) is 12.6. The van der Waals surface area contributed by atoms with Crippen LogP contribution in [0.1, 0.15) is 52.9 Å². The fraction of sp³-hybridized carbons (Fsp3) is 0.900. The number of ether oxygens (including phenoxy) is 1. The Kier molecular flexibility index (Phi) is 7.17. The molecule has 3 rings (SSSR count). The highest BCUT2D eigenvalue weighted by Crippen LogP contribution is 2.23. The van der Waals surface area contributed by atoms with Gasteiger partial charge in [-0.1, -0.05) is 6.42 Å². The van der Waals surface area contributed by atoms with E-state index >= 15 is 0 Å². The molecule has 0 unspecified atom stereocenters. The van der Waals surface area contributed by atoms with Crippen molar-refractivity contribution in [2.45, 2.75) is 58.5 Å². The van der Waals surface area contributed by atoms with Crippen molar-refractivity contribution < 1.29 is 14.3 Å².